The quantitative estimate of drug-likeness (QED) is 0.182. The maximum atomic E-state index is 14.1. The summed E-state index contributed by atoms with van der Waals surface area (Å²) < 4.78 is 188. The van der Waals surface area contributed by atoms with Gasteiger partial charge in [-0.15, -0.1) is 5.10 Å². The summed E-state index contributed by atoms with van der Waals surface area (Å²) in [6.45, 7) is 0. The number of carbonyl (C=O) groups is 1. The fourth-order valence-electron chi connectivity index (χ4n) is 3.33. The van der Waals surface area contributed by atoms with E-state index < -0.39 is 62.7 Å². The van der Waals surface area contributed by atoms with Gasteiger partial charge in [-0.3, -0.25) is 4.79 Å². The second-order valence-electron chi connectivity index (χ2n) is 9.15. The number of allylic oxidation sites excluding steroid dienone is 1. The van der Waals surface area contributed by atoms with Gasteiger partial charge in [-0.25, -0.2) is 9.67 Å². The van der Waals surface area contributed by atoms with Crippen LogP contribution in [0, 0.1) is 0 Å². The molecule has 1 fully saturated rings. The third-order valence-corrected chi connectivity index (χ3v) is 7.44. The molecule has 0 spiro atoms. The van der Waals surface area contributed by atoms with Crippen LogP contribution in [-0.2, 0) is 23.3 Å². The van der Waals surface area contributed by atoms with Gasteiger partial charge >= 0.3 is 39.6 Å². The predicted octanol–water partition coefficient (Wildman–Crippen LogP) is 5.82. The zero-order valence-electron chi connectivity index (χ0n) is 21.8. The van der Waals surface area contributed by atoms with Gasteiger partial charge in [-0.05, 0) is 30.5 Å². The highest BCUT2D eigenvalue weighted by Gasteiger charge is 2.86. The minimum absolute atomic E-state index is 0.0221. The Hall–Kier alpha value is -3.69. The van der Waals surface area contributed by atoms with Crippen molar-refractivity contribution in [2.24, 2.45) is 17.8 Å². The van der Waals surface area contributed by atoms with Crippen LogP contribution >= 0.6 is 11.6 Å². The van der Waals surface area contributed by atoms with E-state index >= 15 is 0 Å². The molecule has 1 amide bonds. The molecule has 1 aliphatic rings. The van der Waals surface area contributed by atoms with E-state index in [0.29, 0.717) is 26.1 Å². The molecule has 0 radical (unpaired) electrons. The number of nitrogens with zero attached hydrogens (tertiary/aromatic N) is 3. The molecule has 0 aliphatic heterocycles. The monoisotopic (exact) mass is 709 g/mol. The largest absolute Gasteiger partial charge is 0.460 e. The Balaban J connectivity index is 2.04. The summed E-state index contributed by atoms with van der Waals surface area (Å²) in [7, 11) is -7.19. The number of rotatable bonds is 10. The molecule has 9 nitrogen and oxygen atoms in total. The molecule has 0 unspecified atom stereocenters. The minimum Gasteiger partial charge on any atom is -0.404 e. The van der Waals surface area contributed by atoms with Crippen molar-refractivity contribution in [3.8, 4) is 5.88 Å². The summed E-state index contributed by atoms with van der Waals surface area (Å²) in [6.07, 6.45) is -10.5. The van der Waals surface area contributed by atoms with Crippen LogP contribution in [0.15, 0.2) is 29.4 Å². The van der Waals surface area contributed by atoms with Crippen molar-refractivity contribution in [2.45, 2.75) is 48.3 Å². The molecule has 1 aromatic carbocycles. The number of hydrogen-bond acceptors (Lipinski definition) is 7. The van der Waals surface area contributed by atoms with E-state index in [0.717, 1.165) is 6.20 Å². The van der Waals surface area contributed by atoms with Crippen LogP contribution in [0.25, 0.3) is 5.57 Å². The van der Waals surface area contributed by atoms with Crippen molar-refractivity contribution in [2.75, 3.05) is 0 Å². The number of halogens is 13. The Kier molecular flexibility index (Phi) is 9.22. The molecule has 0 saturated heterocycles. The highest BCUT2D eigenvalue weighted by Crippen LogP contribution is 2.55. The lowest BCUT2D eigenvalue weighted by Gasteiger charge is -2.32. The lowest BCUT2D eigenvalue weighted by Crippen LogP contribution is -2.63. The molecule has 1 saturated carbocycles. The number of hydrogen-bond donors (Lipinski definition) is 2. The van der Waals surface area contributed by atoms with Crippen LogP contribution in [0.4, 0.5) is 58.5 Å². The zero-order valence-corrected chi connectivity index (χ0v) is 23.3. The molecule has 250 valence electrons. The second-order valence-corrected chi connectivity index (χ2v) is 11.1. The number of aliphatic imine (C=N–C) groups is 1. The van der Waals surface area contributed by atoms with Gasteiger partial charge in [0.1, 0.15) is 0 Å². The Bertz CT molecular complexity index is 1650. The highest BCUT2D eigenvalue weighted by atomic mass is 35.5. The molecule has 3 rings (SSSR count). The van der Waals surface area contributed by atoms with Crippen molar-refractivity contribution in [1.82, 2.24) is 15.1 Å². The van der Waals surface area contributed by atoms with Crippen LogP contribution < -0.4 is 15.2 Å². The standard InChI is InChI=1S/C22H16ClF12N5O4S/c1-40-15(37-8-10(7-36)9-2-5-13(23)12(6-9)16(41)38-11-3-4-11)14(18(24,25)26)17(39-40)44-45(42,43)22(34,35)20(29,30)19(27,28)21(31,32)33/h2,5-8,11H,3-4,36H2,1H3,(H,38,41). The van der Waals surface area contributed by atoms with Crippen LogP contribution in [0.1, 0.15) is 34.3 Å². The summed E-state index contributed by atoms with van der Waals surface area (Å²) in [6, 6.07) is 3.53. The zero-order chi connectivity index (χ0) is 34.6. The minimum atomic E-state index is -7.78. The Morgan fingerprint density at radius 2 is 1.64 bits per heavy atom. The molecule has 45 heavy (non-hydrogen) atoms. The number of amides is 1. The molecule has 0 bridgehead atoms. The van der Waals surface area contributed by atoms with Gasteiger partial charge in [0.05, 0.1) is 10.6 Å². The van der Waals surface area contributed by atoms with Crippen LogP contribution in [0.2, 0.25) is 5.02 Å². The van der Waals surface area contributed by atoms with E-state index in [9.17, 15) is 65.9 Å². The van der Waals surface area contributed by atoms with E-state index in [2.05, 4.69) is 19.6 Å². The first kappa shape index (κ1) is 35.8. The lowest BCUT2D eigenvalue weighted by molar-refractivity contribution is -0.382. The van der Waals surface area contributed by atoms with Crippen molar-refractivity contribution in [1.29, 1.82) is 0 Å². The second kappa shape index (κ2) is 11.6. The van der Waals surface area contributed by atoms with Crippen molar-refractivity contribution < 1.29 is 70.1 Å². The average Bonchev–Trinajstić information content (AvgIpc) is 3.64. The molecule has 1 aliphatic carbocycles. The van der Waals surface area contributed by atoms with Crippen LogP contribution in [0.5, 0.6) is 5.88 Å². The topological polar surface area (TPSA) is 129 Å². The van der Waals surface area contributed by atoms with Gasteiger partial charge in [-0.2, -0.15) is 61.1 Å². The number of nitrogens with two attached hydrogens (primary N) is 1. The molecule has 2 aromatic rings. The third kappa shape index (κ3) is 6.65. The summed E-state index contributed by atoms with van der Waals surface area (Å²) in [5.41, 5.74) is 2.74. The number of benzene rings is 1. The van der Waals surface area contributed by atoms with E-state index in [1.165, 1.54) is 18.2 Å². The fourth-order valence-corrected chi connectivity index (χ4v) is 4.41. The molecule has 0 atom stereocenters. The smallest absolute Gasteiger partial charge is 0.404 e. The fraction of sp³-hybridized carbons (Fsp3) is 0.409. The van der Waals surface area contributed by atoms with Crippen molar-refractivity contribution in [3.63, 3.8) is 0 Å². The molecular weight excluding hydrogens is 694 g/mol. The van der Waals surface area contributed by atoms with Gasteiger partial charge in [0, 0.05) is 31.1 Å². The van der Waals surface area contributed by atoms with Gasteiger partial charge in [0.25, 0.3) is 11.8 Å². The molecule has 1 aromatic heterocycles. The van der Waals surface area contributed by atoms with Gasteiger partial charge < -0.3 is 15.2 Å². The molecular formula is C22H16ClF12N5O4S. The lowest BCUT2D eigenvalue weighted by atomic mass is 10.0. The summed E-state index contributed by atoms with van der Waals surface area (Å²) in [5, 5.41) is -2.06. The van der Waals surface area contributed by atoms with Gasteiger partial charge in [0.15, 0.2) is 11.4 Å². The van der Waals surface area contributed by atoms with Crippen molar-refractivity contribution >= 4 is 45.2 Å². The number of alkyl halides is 12. The SMILES string of the molecule is Cn1nc(OS(=O)(=O)C(F)(F)C(F)(F)C(F)(F)C(F)(F)F)c(C(F)(F)F)c1N=CC(=CN)c1ccc(Cl)c(C(=O)NC2CC2)c1. The maximum absolute atomic E-state index is 14.1. The summed E-state index contributed by atoms with van der Waals surface area (Å²) in [5.74, 6) is -20.0. The van der Waals surface area contributed by atoms with Gasteiger partial charge in [-0.1, -0.05) is 17.7 Å². The summed E-state index contributed by atoms with van der Waals surface area (Å²) >= 11 is 6.03. The van der Waals surface area contributed by atoms with Crippen LogP contribution in [0.3, 0.4) is 0 Å². The van der Waals surface area contributed by atoms with E-state index in [4.69, 9.17) is 17.3 Å². The number of carbonyl (C=O) groups excluding carboxylic acids is 1. The first-order chi connectivity index (χ1) is 20.3. The molecule has 1 heterocycles. The van der Waals surface area contributed by atoms with E-state index in [1.54, 1.807) is 0 Å². The summed E-state index contributed by atoms with van der Waals surface area (Å²) in [4.78, 5) is 15.8. The molecule has 23 heteroatoms. The first-order valence-corrected chi connectivity index (χ1v) is 13.4. The number of nitrogens with one attached hydrogen (secondary N) is 1. The Labute approximate surface area is 248 Å². The van der Waals surface area contributed by atoms with Gasteiger partial charge in [0.2, 0.25) is 0 Å². The Morgan fingerprint density at radius 3 is 2.13 bits per heavy atom. The number of aryl methyl sites for hydroxylation is 1. The van der Waals surface area contributed by atoms with Crippen molar-refractivity contribution in [3.05, 3.63) is 46.1 Å². The predicted molar refractivity (Wildman–Crippen MR) is 131 cm³/mol. The third-order valence-electron chi connectivity index (χ3n) is 5.85. The first-order valence-electron chi connectivity index (χ1n) is 11.6. The average molecular weight is 710 g/mol. The Morgan fingerprint density at radius 1 is 1.07 bits per heavy atom. The van der Waals surface area contributed by atoms with E-state index in [-0.39, 0.29) is 32.4 Å². The van der Waals surface area contributed by atoms with Crippen LogP contribution in [-0.4, -0.2) is 59.6 Å². The molecule has 3 N–H and O–H groups in total. The maximum Gasteiger partial charge on any atom is 0.460 e. The highest BCUT2D eigenvalue weighted by molar-refractivity contribution is 7.88. The number of aromatic nitrogens is 2. The normalized spacial score (nSPS) is 15.9. The van der Waals surface area contributed by atoms with E-state index in [1.807, 2.05) is 0 Å².